The molecule has 100 valence electrons. The highest BCUT2D eigenvalue weighted by Crippen LogP contribution is 2.05. The fraction of sp³-hybridized carbons (Fsp3) is 0.333. The Labute approximate surface area is 125 Å². The van der Waals surface area contributed by atoms with Crippen molar-refractivity contribution in [3.63, 3.8) is 0 Å². The molecule has 0 radical (unpaired) electrons. The van der Waals surface area contributed by atoms with Crippen molar-refractivity contribution in [3.05, 3.63) is 36.5 Å². The number of hydrogen-bond acceptors (Lipinski definition) is 3. The second kappa shape index (κ2) is 9.69. The van der Waals surface area contributed by atoms with Crippen molar-refractivity contribution >= 4 is 29.9 Å². The van der Waals surface area contributed by atoms with Gasteiger partial charge in [0.1, 0.15) is 0 Å². The molecule has 0 fully saturated rings. The summed E-state index contributed by atoms with van der Waals surface area (Å²) < 4.78 is 4.99. The maximum Gasteiger partial charge on any atom is 0.212 e. The highest BCUT2D eigenvalue weighted by atomic mass is 127. The molecule has 0 saturated heterocycles. The number of rotatable bonds is 5. The Bertz CT molecular complexity index is 378. The van der Waals surface area contributed by atoms with Gasteiger partial charge >= 0.3 is 0 Å². The van der Waals surface area contributed by atoms with Gasteiger partial charge in [0.05, 0.1) is 7.11 Å². The van der Waals surface area contributed by atoms with E-state index in [-0.39, 0.29) is 24.0 Å². The summed E-state index contributed by atoms with van der Waals surface area (Å²) in [4.78, 5) is 8.20. The first kappa shape index (κ1) is 16.7. The predicted octanol–water partition coefficient (Wildman–Crippen LogP) is 1.56. The number of ether oxygens (including phenoxy) is 1. The summed E-state index contributed by atoms with van der Waals surface area (Å²) in [6.07, 6.45) is 3.55. The third-order valence-corrected chi connectivity index (χ3v) is 2.10. The molecular formula is C12H19IN4O. The number of halogens is 1. The lowest BCUT2D eigenvalue weighted by atomic mass is 10.3. The number of hydrogen-bond donors (Lipinski definition) is 2. The van der Waals surface area contributed by atoms with Crippen molar-refractivity contribution in [2.24, 2.45) is 4.99 Å². The minimum Gasteiger partial charge on any atom is -0.481 e. The molecule has 1 heterocycles. The molecule has 2 N–H and O–H groups in total. The Morgan fingerprint density at radius 3 is 2.78 bits per heavy atom. The first-order chi connectivity index (χ1) is 8.30. The highest BCUT2D eigenvalue weighted by molar-refractivity contribution is 14.0. The molecular weight excluding hydrogens is 343 g/mol. The molecule has 0 bridgehead atoms. The number of methoxy groups -OCH3 is 1. The van der Waals surface area contributed by atoms with Crippen LogP contribution in [-0.2, 0) is 6.54 Å². The lowest BCUT2D eigenvalue weighted by molar-refractivity contribution is 0.397. The summed E-state index contributed by atoms with van der Waals surface area (Å²) in [6.45, 7) is 4.98. The van der Waals surface area contributed by atoms with Gasteiger partial charge in [0.15, 0.2) is 5.96 Å². The molecule has 5 nitrogen and oxygen atoms in total. The SMILES string of the molecule is C=CCNC(=NC)NCc1ccc(OC)nc1.I. The van der Waals surface area contributed by atoms with E-state index in [1.807, 2.05) is 12.1 Å². The molecule has 1 aromatic rings. The van der Waals surface area contributed by atoms with Gasteiger partial charge in [-0.3, -0.25) is 4.99 Å². The number of aliphatic imine (C=N–C) groups is 1. The Morgan fingerprint density at radius 1 is 1.50 bits per heavy atom. The average molecular weight is 362 g/mol. The number of pyridine rings is 1. The monoisotopic (exact) mass is 362 g/mol. The summed E-state index contributed by atoms with van der Waals surface area (Å²) >= 11 is 0. The Kier molecular flexibility index (Phi) is 8.99. The number of aromatic nitrogens is 1. The second-order valence-corrected chi connectivity index (χ2v) is 3.30. The number of nitrogens with zero attached hydrogens (tertiary/aromatic N) is 2. The second-order valence-electron chi connectivity index (χ2n) is 3.30. The van der Waals surface area contributed by atoms with Crippen molar-refractivity contribution in [1.29, 1.82) is 0 Å². The Balaban J connectivity index is 0.00000289. The fourth-order valence-electron chi connectivity index (χ4n) is 1.21. The molecule has 0 aliphatic heterocycles. The average Bonchev–Trinajstić information content (AvgIpc) is 2.39. The van der Waals surface area contributed by atoms with Crippen LogP contribution in [-0.4, -0.2) is 31.6 Å². The summed E-state index contributed by atoms with van der Waals surface area (Å²) in [6, 6.07) is 3.79. The third-order valence-electron chi connectivity index (χ3n) is 2.10. The number of guanidine groups is 1. The van der Waals surface area contributed by atoms with E-state index in [2.05, 4.69) is 27.2 Å². The zero-order chi connectivity index (χ0) is 12.5. The maximum atomic E-state index is 4.99. The summed E-state index contributed by atoms with van der Waals surface area (Å²) in [5, 5.41) is 6.26. The molecule has 0 aliphatic carbocycles. The van der Waals surface area contributed by atoms with Crippen molar-refractivity contribution in [3.8, 4) is 5.88 Å². The zero-order valence-electron chi connectivity index (χ0n) is 10.6. The minimum atomic E-state index is 0. The van der Waals surface area contributed by atoms with Gasteiger partial charge in [-0.05, 0) is 5.56 Å². The summed E-state index contributed by atoms with van der Waals surface area (Å²) in [5.74, 6) is 1.35. The molecule has 0 spiro atoms. The first-order valence-corrected chi connectivity index (χ1v) is 5.34. The topological polar surface area (TPSA) is 58.5 Å². The van der Waals surface area contributed by atoms with Crippen LogP contribution in [0.1, 0.15) is 5.56 Å². The van der Waals surface area contributed by atoms with Gasteiger partial charge in [-0.1, -0.05) is 12.1 Å². The van der Waals surface area contributed by atoms with E-state index in [4.69, 9.17) is 4.74 Å². The normalized spacial score (nSPS) is 10.2. The van der Waals surface area contributed by atoms with Gasteiger partial charge in [0.25, 0.3) is 0 Å². The van der Waals surface area contributed by atoms with Crippen molar-refractivity contribution in [2.75, 3.05) is 20.7 Å². The molecule has 6 heteroatoms. The van der Waals surface area contributed by atoms with Crippen LogP contribution in [0.5, 0.6) is 5.88 Å². The third kappa shape index (κ3) is 5.85. The van der Waals surface area contributed by atoms with Crippen molar-refractivity contribution in [1.82, 2.24) is 15.6 Å². The number of nitrogens with one attached hydrogen (secondary N) is 2. The molecule has 0 aromatic carbocycles. The van der Waals surface area contributed by atoms with E-state index >= 15 is 0 Å². The molecule has 1 aromatic heterocycles. The molecule has 1 rings (SSSR count). The van der Waals surface area contributed by atoms with Gasteiger partial charge in [0, 0.05) is 32.4 Å². The van der Waals surface area contributed by atoms with Crippen molar-refractivity contribution < 1.29 is 4.74 Å². The van der Waals surface area contributed by atoms with Crippen LogP contribution < -0.4 is 15.4 Å². The molecule has 0 saturated carbocycles. The summed E-state index contributed by atoms with van der Waals surface area (Å²) in [7, 11) is 3.33. The fourth-order valence-corrected chi connectivity index (χ4v) is 1.21. The van der Waals surface area contributed by atoms with E-state index in [0.717, 1.165) is 11.5 Å². The van der Waals surface area contributed by atoms with Crippen LogP contribution in [0.3, 0.4) is 0 Å². The van der Waals surface area contributed by atoms with Crippen LogP contribution in [0.25, 0.3) is 0 Å². The summed E-state index contributed by atoms with van der Waals surface area (Å²) in [5.41, 5.74) is 1.06. The zero-order valence-corrected chi connectivity index (χ0v) is 13.0. The van der Waals surface area contributed by atoms with Crippen LogP contribution in [0.15, 0.2) is 36.0 Å². The molecule has 18 heavy (non-hydrogen) atoms. The van der Waals surface area contributed by atoms with E-state index < -0.39 is 0 Å². The standard InChI is InChI=1S/C12H18N4O.HI/c1-4-7-14-12(13-2)16-9-10-5-6-11(17-3)15-8-10;/h4-6,8H,1,7,9H2,2-3H3,(H2,13,14,16);1H. The van der Waals surface area contributed by atoms with Crippen LogP contribution in [0, 0.1) is 0 Å². The molecule has 0 unspecified atom stereocenters. The lowest BCUT2D eigenvalue weighted by Crippen LogP contribution is -2.36. The predicted molar refractivity (Wildman–Crippen MR) is 84.6 cm³/mol. The smallest absolute Gasteiger partial charge is 0.212 e. The lowest BCUT2D eigenvalue weighted by Gasteiger charge is -2.10. The van der Waals surface area contributed by atoms with Crippen LogP contribution in [0.4, 0.5) is 0 Å². The quantitative estimate of drug-likeness (QED) is 0.361. The first-order valence-electron chi connectivity index (χ1n) is 5.34. The van der Waals surface area contributed by atoms with Gasteiger partial charge in [-0.25, -0.2) is 4.98 Å². The van der Waals surface area contributed by atoms with E-state index in [1.165, 1.54) is 0 Å². The van der Waals surface area contributed by atoms with E-state index in [1.54, 1.807) is 26.4 Å². The molecule has 0 aliphatic rings. The van der Waals surface area contributed by atoms with E-state index in [9.17, 15) is 0 Å². The molecule has 0 amide bonds. The minimum absolute atomic E-state index is 0. The van der Waals surface area contributed by atoms with Gasteiger partial charge in [-0.2, -0.15) is 0 Å². The van der Waals surface area contributed by atoms with Gasteiger partial charge < -0.3 is 15.4 Å². The van der Waals surface area contributed by atoms with Crippen LogP contribution in [0.2, 0.25) is 0 Å². The van der Waals surface area contributed by atoms with E-state index in [0.29, 0.717) is 19.0 Å². The largest absolute Gasteiger partial charge is 0.481 e. The Morgan fingerprint density at radius 2 is 2.28 bits per heavy atom. The molecule has 0 atom stereocenters. The van der Waals surface area contributed by atoms with Gasteiger partial charge in [-0.15, -0.1) is 30.6 Å². The van der Waals surface area contributed by atoms with Crippen molar-refractivity contribution in [2.45, 2.75) is 6.54 Å². The highest BCUT2D eigenvalue weighted by Gasteiger charge is 1.98. The Hall–Kier alpha value is -1.31. The maximum absolute atomic E-state index is 4.99. The van der Waals surface area contributed by atoms with Gasteiger partial charge in [0.2, 0.25) is 5.88 Å². The van der Waals surface area contributed by atoms with Crippen LogP contribution >= 0.6 is 24.0 Å².